The number of ether oxygens (including phenoxy) is 1. The maximum absolute atomic E-state index is 13.2. The van der Waals surface area contributed by atoms with Crippen molar-refractivity contribution < 1.29 is 13.9 Å². The Morgan fingerprint density at radius 2 is 2.15 bits per heavy atom. The molecule has 4 aromatic rings. The van der Waals surface area contributed by atoms with Gasteiger partial charge in [-0.3, -0.25) is 14.9 Å². The predicted molar refractivity (Wildman–Crippen MR) is 123 cm³/mol. The van der Waals surface area contributed by atoms with Crippen LogP contribution >= 0.6 is 0 Å². The minimum absolute atomic E-state index is 0.0854. The van der Waals surface area contributed by atoms with Crippen LogP contribution in [0.1, 0.15) is 40.2 Å². The number of aromatic nitrogens is 4. The maximum atomic E-state index is 13.2. The number of nitrogens with zero attached hydrogens (tertiary/aromatic N) is 5. The second-order valence-electron chi connectivity index (χ2n) is 8.24. The van der Waals surface area contributed by atoms with E-state index in [0.29, 0.717) is 28.0 Å². The summed E-state index contributed by atoms with van der Waals surface area (Å²) < 4.78 is 19.2. The number of hydrogen-bond donors (Lipinski definition) is 1. The molecule has 0 radical (unpaired) electrons. The number of carbonyl (C=O) groups excluding carboxylic acids is 1. The van der Waals surface area contributed by atoms with Crippen LogP contribution < -0.4 is 4.74 Å². The Kier molecular flexibility index (Phi) is 5.64. The first-order valence-electron chi connectivity index (χ1n) is 10.9. The van der Waals surface area contributed by atoms with E-state index in [4.69, 9.17) is 4.74 Å². The highest BCUT2D eigenvalue weighted by molar-refractivity contribution is 5.93. The van der Waals surface area contributed by atoms with Gasteiger partial charge in [0.1, 0.15) is 18.5 Å². The van der Waals surface area contributed by atoms with E-state index in [1.807, 2.05) is 6.07 Å². The molecule has 3 heterocycles. The van der Waals surface area contributed by atoms with Gasteiger partial charge in [-0.2, -0.15) is 10.4 Å². The Labute approximate surface area is 195 Å². The molecule has 0 atom stereocenters. The highest BCUT2D eigenvalue weighted by atomic mass is 19.1. The van der Waals surface area contributed by atoms with Gasteiger partial charge in [0.2, 0.25) is 5.88 Å². The van der Waals surface area contributed by atoms with Gasteiger partial charge in [-0.15, -0.1) is 0 Å². The molecule has 34 heavy (non-hydrogen) atoms. The lowest BCUT2D eigenvalue weighted by Gasteiger charge is -2.18. The second kappa shape index (κ2) is 8.90. The molecule has 1 amide bonds. The Balaban J connectivity index is 1.43. The van der Waals surface area contributed by atoms with E-state index in [1.54, 1.807) is 43.6 Å². The zero-order chi connectivity index (χ0) is 23.7. The average molecular weight is 456 g/mol. The molecule has 0 bridgehead atoms. The molecule has 0 aliphatic heterocycles. The summed E-state index contributed by atoms with van der Waals surface area (Å²) in [5, 5.41) is 16.7. The molecule has 8 nitrogen and oxygen atoms in total. The number of nitrogens with one attached hydrogen (secondary N) is 1. The Morgan fingerprint density at radius 1 is 1.29 bits per heavy atom. The van der Waals surface area contributed by atoms with E-state index in [-0.39, 0.29) is 24.2 Å². The fourth-order valence-electron chi connectivity index (χ4n) is 3.76. The lowest BCUT2D eigenvalue weighted by Crippen LogP contribution is -2.27. The molecule has 1 N–H and O–H groups in total. The van der Waals surface area contributed by atoms with Crippen molar-refractivity contribution in [1.82, 2.24) is 25.1 Å². The van der Waals surface area contributed by atoms with Crippen LogP contribution in [0.5, 0.6) is 5.88 Å². The first-order valence-corrected chi connectivity index (χ1v) is 10.9. The summed E-state index contributed by atoms with van der Waals surface area (Å²) in [5.41, 5.74) is 3.99. The Morgan fingerprint density at radius 3 is 2.91 bits per heavy atom. The van der Waals surface area contributed by atoms with E-state index in [2.05, 4.69) is 26.2 Å². The van der Waals surface area contributed by atoms with Gasteiger partial charge in [0.15, 0.2) is 0 Å². The molecule has 3 aromatic heterocycles. The van der Waals surface area contributed by atoms with Crippen molar-refractivity contribution in [2.45, 2.75) is 32.2 Å². The van der Waals surface area contributed by atoms with Crippen molar-refractivity contribution in [3.8, 4) is 23.1 Å². The third-order valence-electron chi connectivity index (χ3n) is 5.71. The van der Waals surface area contributed by atoms with E-state index < -0.39 is 6.67 Å². The van der Waals surface area contributed by atoms with Gasteiger partial charge in [0, 0.05) is 36.3 Å². The summed E-state index contributed by atoms with van der Waals surface area (Å²) in [4.78, 5) is 23.4. The number of carbonyl (C=O) groups is 1. The summed E-state index contributed by atoms with van der Waals surface area (Å²) in [6.07, 6.45) is 5.06. The van der Waals surface area contributed by atoms with Gasteiger partial charge >= 0.3 is 0 Å². The number of pyridine rings is 2. The quantitative estimate of drug-likeness (QED) is 0.447. The summed E-state index contributed by atoms with van der Waals surface area (Å²) in [7, 11) is 1.67. The van der Waals surface area contributed by atoms with E-state index >= 15 is 0 Å². The van der Waals surface area contributed by atoms with Crippen molar-refractivity contribution in [1.29, 1.82) is 5.26 Å². The van der Waals surface area contributed by atoms with Gasteiger partial charge in [-0.05, 0) is 42.7 Å². The third kappa shape index (κ3) is 4.18. The molecule has 9 heteroatoms. The lowest BCUT2D eigenvalue weighted by molar-refractivity contribution is 0.0778. The summed E-state index contributed by atoms with van der Waals surface area (Å²) in [6.45, 7) is -0.452. The van der Waals surface area contributed by atoms with Crippen LogP contribution in [-0.4, -0.2) is 44.1 Å². The van der Waals surface area contributed by atoms with Crippen molar-refractivity contribution in [2.75, 3.05) is 7.05 Å². The van der Waals surface area contributed by atoms with Gasteiger partial charge in [-0.1, -0.05) is 12.1 Å². The first kappa shape index (κ1) is 21.5. The minimum Gasteiger partial charge on any atom is -0.474 e. The van der Waals surface area contributed by atoms with Crippen molar-refractivity contribution >= 4 is 16.8 Å². The molecule has 1 saturated carbocycles. The highest BCUT2D eigenvalue weighted by Gasteiger charge is 2.27. The molecular formula is C25H21FN6O2. The molecule has 5 rings (SSSR count). The molecule has 0 saturated heterocycles. The Hall–Kier alpha value is -4.32. The Bertz CT molecular complexity index is 1420. The van der Waals surface area contributed by atoms with E-state index in [9.17, 15) is 14.4 Å². The number of alkyl halides is 1. The van der Waals surface area contributed by atoms with Gasteiger partial charge in [-0.25, -0.2) is 9.37 Å². The number of hydrogen-bond acceptors (Lipinski definition) is 6. The number of H-pyrrole nitrogens is 1. The van der Waals surface area contributed by atoms with E-state index in [0.717, 1.165) is 29.5 Å². The molecular weight excluding hydrogens is 435 g/mol. The number of fused-ring (bicyclic) bond motifs is 1. The average Bonchev–Trinajstić information content (AvgIpc) is 3.54. The highest BCUT2D eigenvalue weighted by Crippen LogP contribution is 2.34. The number of amides is 1. The number of aromatic amines is 1. The summed E-state index contributed by atoms with van der Waals surface area (Å²) >= 11 is 0. The van der Waals surface area contributed by atoms with Crippen LogP contribution in [0.2, 0.25) is 0 Å². The molecule has 0 spiro atoms. The smallest absolute Gasteiger partial charge is 0.272 e. The fourth-order valence-corrected chi connectivity index (χ4v) is 3.76. The van der Waals surface area contributed by atoms with Crippen molar-refractivity contribution in [2.24, 2.45) is 0 Å². The fraction of sp³-hybridized carbons (Fsp3) is 0.240. The van der Waals surface area contributed by atoms with Crippen LogP contribution in [0.15, 0.2) is 48.8 Å². The third-order valence-corrected chi connectivity index (χ3v) is 5.71. The number of halogens is 1. The SMILES string of the molecule is CN(Cc1cnc(CF)c2cn[nH]c12)C(=O)c1ccc(-c2cccc(C#N)c2)c(OC2CC2)n1. The zero-order valence-electron chi connectivity index (χ0n) is 18.5. The first-order chi connectivity index (χ1) is 16.6. The van der Waals surface area contributed by atoms with Gasteiger partial charge < -0.3 is 9.64 Å². The molecule has 1 aliphatic carbocycles. The lowest BCUT2D eigenvalue weighted by atomic mass is 10.0. The molecule has 1 aromatic carbocycles. The van der Waals surface area contributed by atoms with Crippen molar-refractivity contribution in [3.63, 3.8) is 0 Å². The molecule has 1 fully saturated rings. The number of nitriles is 1. The van der Waals surface area contributed by atoms with Crippen molar-refractivity contribution in [3.05, 3.63) is 71.3 Å². The second-order valence-corrected chi connectivity index (χ2v) is 8.24. The van der Waals surface area contributed by atoms with Crippen LogP contribution in [0.25, 0.3) is 22.0 Å². The topological polar surface area (TPSA) is 108 Å². The minimum atomic E-state index is -0.692. The standard InChI is InChI=1S/C25H21FN6O2/c1-32(14-17-12-28-22(10-26)20-13-29-31-23(17)20)25(33)21-8-7-19(24(30-21)34-18-5-6-18)16-4-2-3-15(9-16)11-27/h2-4,7-9,12-13,18H,5-6,10,14H2,1H3,(H,29,31). The normalized spacial score (nSPS) is 13.0. The molecule has 1 aliphatic rings. The summed E-state index contributed by atoms with van der Waals surface area (Å²) in [5.74, 6) is 0.0852. The molecule has 0 unspecified atom stereocenters. The van der Waals surface area contributed by atoms with Crippen LogP contribution in [0.3, 0.4) is 0 Å². The zero-order valence-corrected chi connectivity index (χ0v) is 18.5. The summed E-state index contributed by atoms with van der Waals surface area (Å²) in [6, 6.07) is 12.8. The van der Waals surface area contributed by atoms with Crippen LogP contribution in [-0.2, 0) is 13.2 Å². The number of benzene rings is 1. The largest absolute Gasteiger partial charge is 0.474 e. The predicted octanol–water partition coefficient (Wildman–Crippen LogP) is 4.17. The van der Waals surface area contributed by atoms with Gasteiger partial charge in [0.25, 0.3) is 5.91 Å². The van der Waals surface area contributed by atoms with E-state index in [1.165, 1.54) is 11.1 Å². The monoisotopic (exact) mass is 456 g/mol. The maximum Gasteiger partial charge on any atom is 0.272 e. The van der Waals surface area contributed by atoms with Crippen LogP contribution in [0.4, 0.5) is 4.39 Å². The number of rotatable bonds is 7. The molecule has 170 valence electrons. The van der Waals surface area contributed by atoms with Crippen LogP contribution in [0, 0.1) is 11.3 Å². The van der Waals surface area contributed by atoms with Gasteiger partial charge in [0.05, 0.1) is 29.0 Å².